The van der Waals surface area contributed by atoms with E-state index in [9.17, 15) is 0 Å². The number of piperidine rings is 1. The molecule has 1 aliphatic heterocycles. The van der Waals surface area contributed by atoms with Crippen LogP contribution in [0.2, 0.25) is 0 Å². The fourth-order valence-corrected chi connectivity index (χ4v) is 2.57. The van der Waals surface area contributed by atoms with E-state index in [1.165, 1.54) is 6.42 Å². The number of anilines is 1. The first kappa shape index (κ1) is 10.6. The van der Waals surface area contributed by atoms with E-state index in [0.717, 1.165) is 30.7 Å². The van der Waals surface area contributed by atoms with E-state index < -0.39 is 0 Å². The summed E-state index contributed by atoms with van der Waals surface area (Å²) in [6.45, 7) is 6.83. The van der Waals surface area contributed by atoms with Crippen LogP contribution in [0.5, 0.6) is 0 Å². The highest BCUT2D eigenvalue weighted by Gasteiger charge is 2.22. The Bertz CT molecular complexity index is 377. The maximum Gasteiger partial charge on any atom is 0.198 e. The van der Waals surface area contributed by atoms with Gasteiger partial charge in [0.15, 0.2) is 4.77 Å². The average Bonchev–Trinajstić information content (AvgIpc) is 2.16. The number of H-pyrrole nitrogens is 1. The van der Waals surface area contributed by atoms with Gasteiger partial charge in [0.2, 0.25) is 0 Å². The van der Waals surface area contributed by atoms with Crippen molar-refractivity contribution in [2.24, 2.45) is 11.8 Å². The molecule has 0 spiro atoms. The first-order chi connectivity index (χ1) is 7.15. The number of aromatic amines is 1. The maximum atomic E-state index is 5.03. The molecule has 0 amide bonds. The zero-order valence-corrected chi connectivity index (χ0v) is 10.0. The lowest BCUT2D eigenvalue weighted by Crippen LogP contribution is -2.39. The van der Waals surface area contributed by atoms with Gasteiger partial charge in [-0.25, -0.2) is 4.98 Å². The molecule has 82 valence electrons. The first-order valence-electron chi connectivity index (χ1n) is 5.45. The predicted octanol–water partition coefficient (Wildman–Crippen LogP) is 2.62. The first-order valence-corrected chi connectivity index (χ1v) is 5.86. The van der Waals surface area contributed by atoms with E-state index in [0.29, 0.717) is 4.77 Å². The highest BCUT2D eigenvalue weighted by Crippen LogP contribution is 2.24. The van der Waals surface area contributed by atoms with Crippen LogP contribution in [-0.2, 0) is 0 Å². The molecule has 2 rings (SSSR count). The number of nitrogens with zero attached hydrogens (tertiary/aromatic N) is 2. The minimum absolute atomic E-state index is 0.568. The second-order valence-electron chi connectivity index (χ2n) is 4.61. The molecule has 0 unspecified atom stereocenters. The van der Waals surface area contributed by atoms with Crippen LogP contribution in [-0.4, -0.2) is 23.1 Å². The minimum Gasteiger partial charge on any atom is -0.358 e. The summed E-state index contributed by atoms with van der Waals surface area (Å²) in [5.41, 5.74) is 0. The lowest BCUT2D eigenvalue weighted by Gasteiger charge is -2.36. The van der Waals surface area contributed by atoms with Crippen LogP contribution in [0.3, 0.4) is 0 Å². The van der Waals surface area contributed by atoms with Gasteiger partial charge in [-0.2, -0.15) is 0 Å². The van der Waals surface area contributed by atoms with E-state index in [-0.39, 0.29) is 0 Å². The normalized spacial score (nSPS) is 26.7. The summed E-state index contributed by atoms with van der Waals surface area (Å²) in [7, 11) is 0. The third-order valence-electron chi connectivity index (χ3n) is 2.87. The summed E-state index contributed by atoms with van der Waals surface area (Å²) in [4.78, 5) is 9.52. The van der Waals surface area contributed by atoms with Crippen molar-refractivity contribution >= 4 is 18.0 Å². The molecule has 2 heterocycles. The van der Waals surface area contributed by atoms with E-state index in [1.807, 2.05) is 6.07 Å². The number of hydrogen-bond acceptors (Lipinski definition) is 3. The van der Waals surface area contributed by atoms with E-state index in [2.05, 4.69) is 28.7 Å². The maximum absolute atomic E-state index is 5.03. The van der Waals surface area contributed by atoms with Crippen molar-refractivity contribution in [3.63, 3.8) is 0 Å². The standard InChI is InChI=1S/C11H17N3S/c1-8-5-9(2)7-14(6-8)10-3-4-12-11(15)13-10/h3-4,8-9H,5-7H2,1-2H3,(H,12,13,15)/t8-,9+. The largest absolute Gasteiger partial charge is 0.358 e. The fourth-order valence-electron chi connectivity index (χ4n) is 2.40. The zero-order chi connectivity index (χ0) is 10.8. The van der Waals surface area contributed by atoms with Crippen molar-refractivity contribution in [3.8, 4) is 0 Å². The molecule has 0 aliphatic carbocycles. The Hall–Kier alpha value is -0.900. The van der Waals surface area contributed by atoms with Crippen molar-refractivity contribution < 1.29 is 0 Å². The van der Waals surface area contributed by atoms with Crippen LogP contribution < -0.4 is 4.90 Å². The molecule has 1 N–H and O–H groups in total. The van der Waals surface area contributed by atoms with Gasteiger partial charge in [0, 0.05) is 19.3 Å². The Morgan fingerprint density at radius 2 is 2.07 bits per heavy atom. The SMILES string of the molecule is C[C@@H]1C[C@H](C)CN(c2ccnc(=S)[nH]2)C1. The Morgan fingerprint density at radius 1 is 1.40 bits per heavy atom. The van der Waals surface area contributed by atoms with Crippen LogP contribution in [0, 0.1) is 16.6 Å². The third kappa shape index (κ3) is 2.56. The molecule has 1 fully saturated rings. The highest BCUT2D eigenvalue weighted by molar-refractivity contribution is 7.71. The molecular formula is C11H17N3S. The molecule has 3 nitrogen and oxygen atoms in total. The molecule has 1 aromatic rings. The second-order valence-corrected chi connectivity index (χ2v) is 5.00. The Kier molecular flexibility index (Phi) is 3.05. The molecule has 1 saturated heterocycles. The zero-order valence-electron chi connectivity index (χ0n) is 9.23. The van der Waals surface area contributed by atoms with Crippen molar-refractivity contribution in [3.05, 3.63) is 17.0 Å². The predicted molar refractivity (Wildman–Crippen MR) is 64.6 cm³/mol. The number of aromatic nitrogens is 2. The van der Waals surface area contributed by atoms with Gasteiger partial charge in [0.25, 0.3) is 0 Å². The number of nitrogens with one attached hydrogen (secondary N) is 1. The van der Waals surface area contributed by atoms with Gasteiger partial charge in [-0.1, -0.05) is 13.8 Å². The third-order valence-corrected chi connectivity index (χ3v) is 3.08. The molecule has 2 atom stereocenters. The van der Waals surface area contributed by atoms with Crippen molar-refractivity contribution in [1.29, 1.82) is 0 Å². The Morgan fingerprint density at radius 3 is 2.67 bits per heavy atom. The minimum atomic E-state index is 0.568. The summed E-state index contributed by atoms with van der Waals surface area (Å²) in [6, 6.07) is 2.00. The van der Waals surface area contributed by atoms with E-state index >= 15 is 0 Å². The molecule has 0 radical (unpaired) electrons. The monoisotopic (exact) mass is 223 g/mol. The molecular weight excluding hydrogens is 206 g/mol. The molecule has 4 heteroatoms. The van der Waals surface area contributed by atoms with E-state index in [1.54, 1.807) is 6.20 Å². The smallest absolute Gasteiger partial charge is 0.198 e. The number of hydrogen-bond donors (Lipinski definition) is 1. The van der Waals surface area contributed by atoms with Crippen LogP contribution in [0.4, 0.5) is 5.82 Å². The quantitative estimate of drug-likeness (QED) is 0.743. The molecule has 0 bridgehead atoms. The lowest BCUT2D eigenvalue weighted by molar-refractivity contribution is 0.355. The Balaban J connectivity index is 2.19. The summed E-state index contributed by atoms with van der Waals surface area (Å²) in [5.74, 6) is 2.61. The van der Waals surface area contributed by atoms with Gasteiger partial charge in [-0.3, -0.25) is 0 Å². The van der Waals surface area contributed by atoms with Gasteiger partial charge in [0.05, 0.1) is 0 Å². The van der Waals surface area contributed by atoms with Gasteiger partial charge in [-0.05, 0) is 36.5 Å². The van der Waals surface area contributed by atoms with Crippen LogP contribution in [0.15, 0.2) is 12.3 Å². The summed E-state index contributed by atoms with van der Waals surface area (Å²) in [6.07, 6.45) is 3.10. The van der Waals surface area contributed by atoms with Gasteiger partial charge < -0.3 is 9.88 Å². The fraction of sp³-hybridized carbons (Fsp3) is 0.636. The molecule has 15 heavy (non-hydrogen) atoms. The topological polar surface area (TPSA) is 31.9 Å². The highest BCUT2D eigenvalue weighted by atomic mass is 32.1. The lowest BCUT2D eigenvalue weighted by atomic mass is 9.92. The van der Waals surface area contributed by atoms with Gasteiger partial charge in [0.1, 0.15) is 5.82 Å². The van der Waals surface area contributed by atoms with Crippen LogP contribution in [0.25, 0.3) is 0 Å². The van der Waals surface area contributed by atoms with Gasteiger partial charge >= 0.3 is 0 Å². The van der Waals surface area contributed by atoms with Crippen molar-refractivity contribution in [2.45, 2.75) is 20.3 Å². The van der Waals surface area contributed by atoms with Gasteiger partial charge in [-0.15, -0.1) is 0 Å². The average molecular weight is 223 g/mol. The van der Waals surface area contributed by atoms with E-state index in [4.69, 9.17) is 12.2 Å². The number of rotatable bonds is 1. The van der Waals surface area contributed by atoms with Crippen molar-refractivity contribution in [2.75, 3.05) is 18.0 Å². The van der Waals surface area contributed by atoms with Crippen LogP contribution >= 0.6 is 12.2 Å². The summed E-state index contributed by atoms with van der Waals surface area (Å²) in [5, 5.41) is 0. The Labute approximate surface area is 95.5 Å². The van der Waals surface area contributed by atoms with Crippen molar-refractivity contribution in [1.82, 2.24) is 9.97 Å². The van der Waals surface area contributed by atoms with Crippen LogP contribution in [0.1, 0.15) is 20.3 Å². The second kappa shape index (κ2) is 4.31. The summed E-state index contributed by atoms with van der Waals surface area (Å²) >= 11 is 5.03. The molecule has 0 saturated carbocycles. The molecule has 0 aromatic carbocycles. The molecule has 1 aliphatic rings. The molecule has 1 aromatic heterocycles. The summed E-state index contributed by atoms with van der Waals surface area (Å²) < 4.78 is 0.568.